The summed E-state index contributed by atoms with van der Waals surface area (Å²) < 4.78 is 4.96. The van der Waals surface area contributed by atoms with E-state index >= 15 is 0 Å². The van der Waals surface area contributed by atoms with Crippen molar-refractivity contribution < 1.29 is 19.7 Å². The van der Waals surface area contributed by atoms with Gasteiger partial charge < -0.3 is 20.7 Å². The minimum absolute atomic E-state index is 0.0748. The normalized spacial score (nSPS) is 14.1. The summed E-state index contributed by atoms with van der Waals surface area (Å²) in [5.74, 6) is -0.162. The van der Waals surface area contributed by atoms with Crippen LogP contribution < -0.4 is 10.5 Å². The van der Waals surface area contributed by atoms with Crippen LogP contribution in [-0.2, 0) is 0 Å². The monoisotopic (exact) mass is 257 g/mol. The fourth-order valence-electron chi connectivity index (χ4n) is 1.44. The average Bonchev–Trinajstić information content (AvgIpc) is 2.35. The lowest BCUT2D eigenvalue weighted by molar-refractivity contribution is 0.0331. The molecule has 0 bridgehead atoms. The molecule has 0 aliphatic rings. The second-order valence-electron chi connectivity index (χ2n) is 3.51. The Morgan fingerprint density at radius 2 is 2.18 bits per heavy atom. The van der Waals surface area contributed by atoms with E-state index in [1.54, 1.807) is 6.07 Å². The zero-order valence-corrected chi connectivity index (χ0v) is 10.2. The molecule has 0 heterocycles. The number of ether oxygens (including phenoxy) is 1. The van der Waals surface area contributed by atoms with Gasteiger partial charge in [-0.3, -0.25) is 4.79 Å². The summed E-state index contributed by atoms with van der Waals surface area (Å²) in [5, 5.41) is 19.3. The highest BCUT2D eigenvalue weighted by Crippen LogP contribution is 2.25. The number of aliphatic hydroxyl groups is 2. The Morgan fingerprint density at radius 1 is 1.53 bits per heavy atom. The Hall–Kier alpha value is -1.24. The highest BCUT2D eigenvalue weighted by Gasteiger charge is 2.22. The highest BCUT2D eigenvalue weighted by atomic mass is 32.1. The van der Waals surface area contributed by atoms with Gasteiger partial charge in [-0.2, -0.15) is 12.6 Å². The van der Waals surface area contributed by atoms with Crippen molar-refractivity contribution in [2.24, 2.45) is 5.73 Å². The van der Waals surface area contributed by atoms with E-state index in [0.717, 1.165) is 0 Å². The molecule has 2 unspecified atom stereocenters. The third kappa shape index (κ3) is 3.12. The van der Waals surface area contributed by atoms with E-state index in [-0.39, 0.29) is 16.9 Å². The van der Waals surface area contributed by atoms with Crippen molar-refractivity contribution in [1.82, 2.24) is 0 Å². The topological polar surface area (TPSA) is 92.8 Å². The van der Waals surface area contributed by atoms with Crippen LogP contribution in [0.3, 0.4) is 0 Å². The maximum Gasteiger partial charge on any atom is 0.249 e. The Bertz CT molecular complexity index is 410. The number of benzene rings is 1. The van der Waals surface area contributed by atoms with Gasteiger partial charge in [0, 0.05) is 11.3 Å². The SMILES string of the molecule is COc1ccc(C(O)C(O)CS)c(C(N)=O)c1. The molecule has 0 aromatic heterocycles. The molecule has 17 heavy (non-hydrogen) atoms. The summed E-state index contributed by atoms with van der Waals surface area (Å²) in [4.78, 5) is 11.3. The molecule has 5 nitrogen and oxygen atoms in total. The number of carbonyl (C=O) groups excluding carboxylic acids is 1. The smallest absolute Gasteiger partial charge is 0.249 e. The van der Waals surface area contributed by atoms with Crippen LogP contribution in [0.1, 0.15) is 22.0 Å². The van der Waals surface area contributed by atoms with Crippen molar-refractivity contribution in [3.05, 3.63) is 29.3 Å². The number of methoxy groups -OCH3 is 1. The summed E-state index contributed by atoms with van der Waals surface area (Å²) in [6, 6.07) is 4.50. The van der Waals surface area contributed by atoms with Crippen LogP contribution in [0.2, 0.25) is 0 Å². The zero-order chi connectivity index (χ0) is 13.0. The molecule has 0 saturated heterocycles. The van der Waals surface area contributed by atoms with Crippen molar-refractivity contribution in [3.8, 4) is 5.75 Å². The van der Waals surface area contributed by atoms with Gasteiger partial charge in [0.05, 0.1) is 13.2 Å². The molecular weight excluding hydrogens is 242 g/mol. The van der Waals surface area contributed by atoms with E-state index in [1.165, 1.54) is 19.2 Å². The lowest BCUT2D eigenvalue weighted by Gasteiger charge is -2.18. The van der Waals surface area contributed by atoms with E-state index in [4.69, 9.17) is 10.5 Å². The first-order valence-electron chi connectivity index (χ1n) is 4.96. The van der Waals surface area contributed by atoms with E-state index in [2.05, 4.69) is 12.6 Å². The Balaban J connectivity index is 3.18. The molecular formula is C11H15NO4S. The van der Waals surface area contributed by atoms with Crippen LogP contribution in [0.15, 0.2) is 18.2 Å². The van der Waals surface area contributed by atoms with E-state index in [9.17, 15) is 15.0 Å². The van der Waals surface area contributed by atoms with Gasteiger partial charge in [0.25, 0.3) is 0 Å². The van der Waals surface area contributed by atoms with Gasteiger partial charge >= 0.3 is 0 Å². The van der Waals surface area contributed by atoms with Crippen molar-refractivity contribution in [2.45, 2.75) is 12.2 Å². The molecule has 0 radical (unpaired) electrons. The summed E-state index contributed by atoms with van der Waals surface area (Å²) in [6.45, 7) is 0. The van der Waals surface area contributed by atoms with Crippen LogP contribution >= 0.6 is 12.6 Å². The minimum Gasteiger partial charge on any atom is -0.497 e. The van der Waals surface area contributed by atoms with Crippen LogP contribution in [0, 0.1) is 0 Å². The van der Waals surface area contributed by atoms with Crippen LogP contribution in [-0.4, -0.2) is 35.1 Å². The highest BCUT2D eigenvalue weighted by molar-refractivity contribution is 7.80. The molecule has 6 heteroatoms. The second-order valence-corrected chi connectivity index (χ2v) is 3.88. The largest absolute Gasteiger partial charge is 0.497 e. The molecule has 0 fully saturated rings. The molecule has 4 N–H and O–H groups in total. The Labute approximate surface area is 105 Å². The molecule has 0 aliphatic carbocycles. The summed E-state index contributed by atoms with van der Waals surface area (Å²) in [5.41, 5.74) is 5.60. The van der Waals surface area contributed by atoms with Crippen LogP contribution in [0.4, 0.5) is 0 Å². The van der Waals surface area contributed by atoms with Crippen molar-refractivity contribution in [2.75, 3.05) is 12.9 Å². The summed E-state index contributed by atoms with van der Waals surface area (Å²) in [7, 11) is 1.46. The van der Waals surface area contributed by atoms with Crippen molar-refractivity contribution in [3.63, 3.8) is 0 Å². The second kappa shape index (κ2) is 5.90. The average molecular weight is 257 g/mol. The quantitative estimate of drug-likeness (QED) is 0.564. The van der Waals surface area contributed by atoms with E-state index < -0.39 is 18.1 Å². The summed E-state index contributed by atoms with van der Waals surface area (Å²) in [6.07, 6.45) is -2.27. The Kier molecular flexibility index (Phi) is 4.80. The number of carbonyl (C=O) groups is 1. The third-order valence-corrected chi connectivity index (χ3v) is 2.77. The minimum atomic E-state index is -1.21. The number of hydrogen-bond donors (Lipinski definition) is 4. The molecule has 1 aromatic carbocycles. The maximum atomic E-state index is 11.3. The zero-order valence-electron chi connectivity index (χ0n) is 9.33. The van der Waals surface area contributed by atoms with Gasteiger partial charge in [0.2, 0.25) is 5.91 Å². The van der Waals surface area contributed by atoms with Crippen molar-refractivity contribution >= 4 is 18.5 Å². The molecule has 0 aliphatic heterocycles. The van der Waals surface area contributed by atoms with Gasteiger partial charge in [-0.25, -0.2) is 0 Å². The van der Waals surface area contributed by atoms with E-state index in [1.807, 2.05) is 0 Å². The number of amides is 1. The van der Waals surface area contributed by atoms with Gasteiger partial charge in [0.1, 0.15) is 11.9 Å². The van der Waals surface area contributed by atoms with Crippen LogP contribution in [0.5, 0.6) is 5.75 Å². The van der Waals surface area contributed by atoms with Gasteiger partial charge in [-0.05, 0) is 17.7 Å². The summed E-state index contributed by atoms with van der Waals surface area (Å²) >= 11 is 3.88. The lowest BCUT2D eigenvalue weighted by Crippen LogP contribution is -2.23. The predicted molar refractivity (Wildman–Crippen MR) is 66.3 cm³/mol. The number of primary amides is 1. The number of thiol groups is 1. The standard InChI is InChI=1S/C11H15NO4S/c1-16-6-2-3-7(8(4-6)11(12)15)10(14)9(13)5-17/h2-4,9-10,13-14,17H,5H2,1H3,(H2,12,15). The van der Waals surface area contributed by atoms with Gasteiger partial charge in [0.15, 0.2) is 0 Å². The third-order valence-electron chi connectivity index (χ3n) is 2.40. The lowest BCUT2D eigenvalue weighted by atomic mass is 9.98. The van der Waals surface area contributed by atoms with Gasteiger partial charge in [-0.15, -0.1) is 0 Å². The fraction of sp³-hybridized carbons (Fsp3) is 0.364. The first kappa shape index (κ1) is 13.8. The first-order valence-corrected chi connectivity index (χ1v) is 5.59. The molecule has 1 rings (SSSR count). The van der Waals surface area contributed by atoms with Crippen molar-refractivity contribution in [1.29, 1.82) is 0 Å². The molecule has 1 aromatic rings. The fourth-order valence-corrected chi connectivity index (χ4v) is 1.64. The maximum absolute atomic E-state index is 11.3. The number of aliphatic hydroxyl groups excluding tert-OH is 2. The van der Waals surface area contributed by atoms with E-state index in [0.29, 0.717) is 5.75 Å². The molecule has 2 atom stereocenters. The predicted octanol–water partition coefficient (Wildman–Crippen LogP) is 0.118. The molecule has 0 spiro atoms. The number of hydrogen-bond acceptors (Lipinski definition) is 5. The number of rotatable bonds is 5. The van der Waals surface area contributed by atoms with Crippen LogP contribution in [0.25, 0.3) is 0 Å². The molecule has 0 saturated carbocycles. The number of nitrogens with two attached hydrogens (primary N) is 1. The Morgan fingerprint density at radius 3 is 2.65 bits per heavy atom. The van der Waals surface area contributed by atoms with Gasteiger partial charge in [-0.1, -0.05) is 6.07 Å². The first-order chi connectivity index (χ1) is 8.01. The molecule has 94 valence electrons. The molecule has 1 amide bonds.